The van der Waals surface area contributed by atoms with Crippen LogP contribution in [0.15, 0.2) is 24.4 Å². The van der Waals surface area contributed by atoms with Gasteiger partial charge < -0.3 is 10.5 Å². The van der Waals surface area contributed by atoms with Crippen molar-refractivity contribution in [1.82, 2.24) is 10.2 Å². The molecular weight excluding hydrogens is 250 g/mol. The van der Waals surface area contributed by atoms with E-state index in [0.717, 1.165) is 16.9 Å². The fourth-order valence-corrected chi connectivity index (χ4v) is 3.14. The standard InChI is InChI=1S/C16H21N3O/c1-20-15-8-7-12(11-5-3-2-4-6-11)9-13(15)14-10-18-19-16(14)17/h7-11H,2-6H2,1H3,(H3,17,18,19). The molecule has 0 unspecified atom stereocenters. The second-order valence-electron chi connectivity index (χ2n) is 5.49. The second kappa shape index (κ2) is 5.57. The lowest BCUT2D eigenvalue weighted by Gasteiger charge is -2.23. The number of nitrogens with two attached hydrogens (primary N) is 1. The lowest BCUT2D eigenvalue weighted by Crippen LogP contribution is -2.05. The molecule has 0 saturated heterocycles. The maximum Gasteiger partial charge on any atom is 0.126 e. The van der Waals surface area contributed by atoms with Crippen LogP contribution in [0, 0.1) is 0 Å². The molecule has 0 amide bonds. The number of hydrogen-bond donors (Lipinski definition) is 2. The summed E-state index contributed by atoms with van der Waals surface area (Å²) in [5, 5.41) is 6.80. The van der Waals surface area contributed by atoms with Crippen LogP contribution in [0.5, 0.6) is 5.75 Å². The zero-order chi connectivity index (χ0) is 13.9. The van der Waals surface area contributed by atoms with E-state index < -0.39 is 0 Å². The van der Waals surface area contributed by atoms with Gasteiger partial charge in [-0.05, 0) is 36.5 Å². The number of nitrogens with zero attached hydrogens (tertiary/aromatic N) is 1. The largest absolute Gasteiger partial charge is 0.496 e. The van der Waals surface area contributed by atoms with E-state index in [1.165, 1.54) is 37.7 Å². The number of anilines is 1. The highest BCUT2D eigenvalue weighted by molar-refractivity contribution is 5.78. The van der Waals surface area contributed by atoms with Gasteiger partial charge in [-0.1, -0.05) is 25.3 Å². The second-order valence-corrected chi connectivity index (χ2v) is 5.49. The van der Waals surface area contributed by atoms with Crippen molar-refractivity contribution in [3.05, 3.63) is 30.0 Å². The number of nitrogen functional groups attached to an aromatic ring is 1. The molecule has 1 saturated carbocycles. The highest BCUT2D eigenvalue weighted by atomic mass is 16.5. The van der Waals surface area contributed by atoms with E-state index in [-0.39, 0.29) is 0 Å². The molecule has 4 nitrogen and oxygen atoms in total. The first-order valence-electron chi connectivity index (χ1n) is 7.26. The van der Waals surface area contributed by atoms with Gasteiger partial charge in [0.15, 0.2) is 0 Å². The molecule has 3 rings (SSSR count). The van der Waals surface area contributed by atoms with E-state index in [9.17, 15) is 0 Å². The van der Waals surface area contributed by atoms with Crippen LogP contribution in [-0.2, 0) is 0 Å². The van der Waals surface area contributed by atoms with Gasteiger partial charge in [0.2, 0.25) is 0 Å². The molecule has 0 bridgehead atoms. The molecule has 3 N–H and O–H groups in total. The third-order valence-electron chi connectivity index (χ3n) is 4.26. The van der Waals surface area contributed by atoms with E-state index in [2.05, 4.69) is 22.3 Å². The summed E-state index contributed by atoms with van der Waals surface area (Å²) in [6, 6.07) is 6.45. The van der Waals surface area contributed by atoms with Crippen molar-refractivity contribution in [3.8, 4) is 16.9 Å². The molecule has 1 aromatic heterocycles. The van der Waals surface area contributed by atoms with Crippen LogP contribution in [0.1, 0.15) is 43.6 Å². The fourth-order valence-electron chi connectivity index (χ4n) is 3.14. The average molecular weight is 271 g/mol. The Kier molecular flexibility index (Phi) is 3.63. The van der Waals surface area contributed by atoms with Crippen molar-refractivity contribution in [3.63, 3.8) is 0 Å². The Hall–Kier alpha value is -1.97. The summed E-state index contributed by atoms with van der Waals surface area (Å²) in [4.78, 5) is 0. The van der Waals surface area contributed by atoms with Crippen LogP contribution in [0.4, 0.5) is 5.82 Å². The molecule has 1 aliphatic carbocycles. The van der Waals surface area contributed by atoms with Gasteiger partial charge in [-0.15, -0.1) is 0 Å². The van der Waals surface area contributed by atoms with Crippen molar-refractivity contribution >= 4 is 5.82 Å². The maximum atomic E-state index is 5.95. The molecule has 1 heterocycles. The smallest absolute Gasteiger partial charge is 0.126 e. The topological polar surface area (TPSA) is 63.9 Å². The Morgan fingerprint density at radius 2 is 2.00 bits per heavy atom. The minimum Gasteiger partial charge on any atom is -0.496 e. The van der Waals surface area contributed by atoms with Crippen LogP contribution < -0.4 is 10.5 Å². The van der Waals surface area contributed by atoms with Crippen LogP contribution in [0.2, 0.25) is 0 Å². The van der Waals surface area contributed by atoms with E-state index in [0.29, 0.717) is 11.7 Å². The number of methoxy groups -OCH3 is 1. The van der Waals surface area contributed by atoms with Crippen LogP contribution in [0.3, 0.4) is 0 Å². The number of aromatic amines is 1. The summed E-state index contributed by atoms with van der Waals surface area (Å²) in [5.74, 6) is 2.10. The number of nitrogens with one attached hydrogen (secondary N) is 1. The molecule has 1 aromatic carbocycles. The van der Waals surface area contributed by atoms with Crippen molar-refractivity contribution < 1.29 is 4.74 Å². The van der Waals surface area contributed by atoms with Gasteiger partial charge in [0.25, 0.3) is 0 Å². The molecular formula is C16H21N3O. The summed E-state index contributed by atoms with van der Waals surface area (Å²) >= 11 is 0. The number of ether oxygens (including phenoxy) is 1. The minimum absolute atomic E-state index is 0.587. The first-order chi connectivity index (χ1) is 9.79. The van der Waals surface area contributed by atoms with Crippen molar-refractivity contribution in [2.24, 2.45) is 0 Å². The van der Waals surface area contributed by atoms with E-state index in [1.54, 1.807) is 13.3 Å². The first kappa shape index (κ1) is 13.0. The molecule has 0 radical (unpaired) electrons. The highest BCUT2D eigenvalue weighted by Crippen LogP contribution is 2.38. The number of aromatic nitrogens is 2. The minimum atomic E-state index is 0.587. The van der Waals surface area contributed by atoms with Gasteiger partial charge in [-0.3, -0.25) is 5.10 Å². The predicted molar refractivity (Wildman–Crippen MR) is 80.8 cm³/mol. The quantitative estimate of drug-likeness (QED) is 0.894. The average Bonchev–Trinajstić information content (AvgIpc) is 2.93. The zero-order valence-electron chi connectivity index (χ0n) is 11.9. The van der Waals surface area contributed by atoms with Crippen LogP contribution in [-0.4, -0.2) is 17.3 Å². The van der Waals surface area contributed by atoms with E-state index in [4.69, 9.17) is 10.5 Å². The van der Waals surface area contributed by atoms with Crippen LogP contribution in [0.25, 0.3) is 11.1 Å². The summed E-state index contributed by atoms with van der Waals surface area (Å²) < 4.78 is 5.47. The van der Waals surface area contributed by atoms with Gasteiger partial charge >= 0.3 is 0 Å². The summed E-state index contributed by atoms with van der Waals surface area (Å²) in [7, 11) is 1.69. The van der Waals surface area contributed by atoms with Crippen molar-refractivity contribution in [2.75, 3.05) is 12.8 Å². The molecule has 2 aromatic rings. The summed E-state index contributed by atoms with van der Waals surface area (Å²) in [6.45, 7) is 0. The number of rotatable bonds is 3. The summed E-state index contributed by atoms with van der Waals surface area (Å²) in [5.41, 5.74) is 9.29. The maximum absolute atomic E-state index is 5.95. The third kappa shape index (κ3) is 2.38. The molecule has 0 aliphatic heterocycles. The van der Waals surface area contributed by atoms with Gasteiger partial charge in [-0.2, -0.15) is 5.10 Å². The Labute approximate surface area is 119 Å². The third-order valence-corrected chi connectivity index (χ3v) is 4.26. The molecule has 106 valence electrons. The molecule has 1 fully saturated rings. The number of H-pyrrole nitrogens is 1. The molecule has 0 spiro atoms. The SMILES string of the molecule is COc1ccc(C2CCCCC2)cc1-c1cn[nH]c1N. The lowest BCUT2D eigenvalue weighted by atomic mass is 9.83. The van der Waals surface area contributed by atoms with Crippen molar-refractivity contribution in [2.45, 2.75) is 38.0 Å². The van der Waals surface area contributed by atoms with Gasteiger partial charge in [0.05, 0.1) is 13.3 Å². The normalized spacial score (nSPS) is 16.2. The van der Waals surface area contributed by atoms with Gasteiger partial charge in [0, 0.05) is 11.1 Å². The monoisotopic (exact) mass is 271 g/mol. The van der Waals surface area contributed by atoms with Gasteiger partial charge in [-0.25, -0.2) is 0 Å². The van der Waals surface area contributed by atoms with E-state index >= 15 is 0 Å². The Morgan fingerprint density at radius 3 is 2.65 bits per heavy atom. The van der Waals surface area contributed by atoms with E-state index in [1.807, 2.05) is 6.07 Å². The van der Waals surface area contributed by atoms with Crippen molar-refractivity contribution in [1.29, 1.82) is 0 Å². The zero-order valence-corrected chi connectivity index (χ0v) is 11.9. The fraction of sp³-hybridized carbons (Fsp3) is 0.438. The lowest BCUT2D eigenvalue weighted by molar-refractivity contribution is 0.415. The number of benzene rings is 1. The predicted octanol–water partition coefficient (Wildman–Crippen LogP) is 3.72. The Bertz CT molecular complexity index is 585. The number of hydrogen-bond acceptors (Lipinski definition) is 3. The molecule has 4 heteroatoms. The molecule has 0 atom stereocenters. The van der Waals surface area contributed by atoms with Crippen LogP contribution >= 0.6 is 0 Å². The highest BCUT2D eigenvalue weighted by Gasteiger charge is 2.18. The first-order valence-corrected chi connectivity index (χ1v) is 7.26. The Balaban J connectivity index is 2.00. The molecule has 1 aliphatic rings. The molecule has 20 heavy (non-hydrogen) atoms. The summed E-state index contributed by atoms with van der Waals surface area (Å²) in [6.07, 6.45) is 8.37. The van der Waals surface area contributed by atoms with Gasteiger partial charge in [0.1, 0.15) is 11.6 Å². The Morgan fingerprint density at radius 1 is 1.20 bits per heavy atom.